The number of carbonyl (C=O) groups excluding carboxylic acids is 2. The summed E-state index contributed by atoms with van der Waals surface area (Å²) in [6.07, 6.45) is 1.53. The van der Waals surface area contributed by atoms with Gasteiger partial charge in [-0.25, -0.2) is 4.48 Å². The number of hydrogen-bond donors (Lipinski definition) is 2. The molecule has 10 heteroatoms. The monoisotopic (exact) mass is 397 g/mol. The number of likely N-dealkylation sites (N-methyl/N-ethyl adjacent to an activating group) is 1. The highest BCUT2D eigenvalue weighted by molar-refractivity contribution is 5.74. The second kappa shape index (κ2) is 8.62. The van der Waals surface area contributed by atoms with Crippen molar-refractivity contribution in [2.45, 2.75) is 19.1 Å². The molecule has 0 saturated carbocycles. The summed E-state index contributed by atoms with van der Waals surface area (Å²) in [5, 5.41) is 7.54. The second-order valence-corrected chi connectivity index (χ2v) is 8.30. The van der Waals surface area contributed by atoms with Crippen LogP contribution >= 0.6 is 0 Å². The van der Waals surface area contributed by atoms with Crippen molar-refractivity contribution < 1.29 is 23.5 Å². The number of hydrogen-bond acceptors (Lipinski definition) is 7. The van der Waals surface area contributed by atoms with Crippen LogP contribution in [0.4, 0.5) is 4.79 Å². The van der Waals surface area contributed by atoms with Crippen molar-refractivity contribution in [3.8, 4) is 0 Å². The van der Waals surface area contributed by atoms with E-state index in [1.165, 1.54) is 7.11 Å². The number of ether oxygens (including phenoxy) is 2. The molecule has 3 aliphatic rings. The first-order valence-electron chi connectivity index (χ1n) is 9.98. The first-order valence-corrected chi connectivity index (χ1v) is 9.98. The fourth-order valence-electron chi connectivity index (χ4n) is 4.42. The molecule has 3 N–H and O–H groups in total. The van der Waals surface area contributed by atoms with Crippen molar-refractivity contribution in [1.29, 1.82) is 5.41 Å². The lowest BCUT2D eigenvalue weighted by atomic mass is 9.95. The predicted molar refractivity (Wildman–Crippen MR) is 102 cm³/mol. The average Bonchev–Trinajstić information content (AvgIpc) is 2.97. The third-order valence-corrected chi connectivity index (χ3v) is 6.25. The molecule has 158 valence electrons. The molecular formula is C18H33N6O4+. The highest BCUT2D eigenvalue weighted by Crippen LogP contribution is 2.27. The first-order chi connectivity index (χ1) is 13.3. The van der Waals surface area contributed by atoms with E-state index in [1.54, 1.807) is 0 Å². The molecule has 2 unspecified atom stereocenters. The summed E-state index contributed by atoms with van der Waals surface area (Å²) >= 11 is 0. The summed E-state index contributed by atoms with van der Waals surface area (Å²) in [7, 11) is 3.37. The van der Waals surface area contributed by atoms with Crippen LogP contribution in [-0.4, -0.2) is 116 Å². The van der Waals surface area contributed by atoms with Gasteiger partial charge in [0.15, 0.2) is 5.96 Å². The van der Waals surface area contributed by atoms with Gasteiger partial charge in [-0.15, -0.1) is 0 Å². The van der Waals surface area contributed by atoms with Gasteiger partial charge >= 0.3 is 12.1 Å². The Balaban J connectivity index is 1.48. The minimum atomic E-state index is -0.221. The summed E-state index contributed by atoms with van der Waals surface area (Å²) in [6.45, 7) is 6.35. The standard InChI is InChI=1S/C18H33N6O4/c1-24(12-14-3-5-23(6-4-14)17(19)20)13-15(28-18(24)26)22-9-7-21(8-10-22)11-16(25)27-2/h14-15H,3-13H2,1-2H3,(H3,19,20)/q+1. The molecule has 0 aliphatic carbocycles. The van der Waals surface area contributed by atoms with Crippen LogP contribution in [-0.2, 0) is 14.3 Å². The van der Waals surface area contributed by atoms with Crippen molar-refractivity contribution in [2.24, 2.45) is 11.7 Å². The number of quaternary nitrogens is 1. The van der Waals surface area contributed by atoms with Crippen LogP contribution in [0.3, 0.4) is 0 Å². The lowest BCUT2D eigenvalue weighted by Crippen LogP contribution is -2.55. The van der Waals surface area contributed by atoms with Crippen molar-refractivity contribution in [3.05, 3.63) is 0 Å². The number of likely N-dealkylation sites (tertiary alicyclic amines) is 1. The van der Waals surface area contributed by atoms with Gasteiger partial charge in [0.05, 0.1) is 27.2 Å². The van der Waals surface area contributed by atoms with Crippen LogP contribution in [0.15, 0.2) is 0 Å². The largest absolute Gasteiger partial charge is 0.517 e. The molecule has 0 bridgehead atoms. The van der Waals surface area contributed by atoms with E-state index >= 15 is 0 Å². The molecule has 3 heterocycles. The van der Waals surface area contributed by atoms with E-state index in [2.05, 4.69) is 9.80 Å². The Hall–Kier alpha value is -1.91. The summed E-state index contributed by atoms with van der Waals surface area (Å²) in [5.41, 5.74) is 5.57. The number of guanidine groups is 1. The molecule has 3 fully saturated rings. The van der Waals surface area contributed by atoms with E-state index in [9.17, 15) is 9.59 Å². The molecule has 3 saturated heterocycles. The zero-order chi connectivity index (χ0) is 20.3. The summed E-state index contributed by atoms with van der Waals surface area (Å²) in [6, 6.07) is 0. The fourth-order valence-corrected chi connectivity index (χ4v) is 4.42. The number of nitrogens with two attached hydrogens (primary N) is 1. The van der Waals surface area contributed by atoms with E-state index in [0.717, 1.165) is 58.7 Å². The molecule has 0 aromatic rings. The molecule has 2 atom stereocenters. The van der Waals surface area contributed by atoms with E-state index in [1.807, 2.05) is 11.9 Å². The number of piperidine rings is 1. The van der Waals surface area contributed by atoms with Crippen LogP contribution < -0.4 is 5.73 Å². The third kappa shape index (κ3) is 4.73. The molecule has 3 aliphatic heterocycles. The Morgan fingerprint density at radius 1 is 1.25 bits per heavy atom. The van der Waals surface area contributed by atoms with Gasteiger partial charge < -0.3 is 20.1 Å². The highest BCUT2D eigenvalue weighted by atomic mass is 16.6. The number of nitrogens with zero attached hydrogens (tertiary/aromatic N) is 4. The van der Waals surface area contributed by atoms with Gasteiger partial charge in [-0.05, 0) is 12.8 Å². The lowest BCUT2D eigenvalue weighted by molar-refractivity contribution is -0.828. The van der Waals surface area contributed by atoms with Gasteiger partial charge in [0, 0.05) is 45.2 Å². The SMILES string of the molecule is COC(=O)CN1CCN(C2C[N+](C)(CC3CCN(C(=N)N)CC3)C(=O)O2)CC1. The fraction of sp³-hybridized carbons (Fsp3) is 0.833. The Labute approximate surface area is 166 Å². The molecule has 28 heavy (non-hydrogen) atoms. The molecule has 0 spiro atoms. The van der Waals surface area contributed by atoms with Gasteiger partial charge in [0.2, 0.25) is 6.23 Å². The van der Waals surface area contributed by atoms with Crippen LogP contribution in [0.2, 0.25) is 0 Å². The summed E-state index contributed by atoms with van der Waals surface area (Å²) in [5.74, 6) is 0.343. The van der Waals surface area contributed by atoms with Gasteiger partial charge in [-0.3, -0.25) is 20.0 Å². The Morgan fingerprint density at radius 3 is 2.46 bits per heavy atom. The van der Waals surface area contributed by atoms with Gasteiger partial charge in [0.1, 0.15) is 6.54 Å². The smallest absolute Gasteiger partial charge is 0.468 e. The number of amides is 1. The first kappa shape index (κ1) is 20.8. The molecule has 0 aromatic heterocycles. The number of esters is 1. The van der Waals surface area contributed by atoms with Gasteiger partial charge in [-0.1, -0.05) is 0 Å². The second-order valence-electron chi connectivity index (χ2n) is 8.30. The molecule has 0 radical (unpaired) electrons. The quantitative estimate of drug-likeness (QED) is 0.271. The highest BCUT2D eigenvalue weighted by Gasteiger charge is 2.49. The Morgan fingerprint density at radius 2 is 1.89 bits per heavy atom. The Kier molecular flexibility index (Phi) is 6.41. The minimum Gasteiger partial charge on any atom is -0.468 e. The molecular weight excluding hydrogens is 364 g/mol. The maximum Gasteiger partial charge on any atom is 0.517 e. The summed E-state index contributed by atoms with van der Waals surface area (Å²) in [4.78, 5) is 30.2. The van der Waals surface area contributed by atoms with E-state index < -0.39 is 0 Å². The maximum absolute atomic E-state index is 12.6. The minimum absolute atomic E-state index is 0.130. The lowest BCUT2D eigenvalue weighted by Gasteiger charge is -2.36. The summed E-state index contributed by atoms with van der Waals surface area (Å²) < 4.78 is 10.8. The van der Waals surface area contributed by atoms with Crippen LogP contribution in [0, 0.1) is 11.3 Å². The number of rotatable bonds is 5. The van der Waals surface area contributed by atoms with Crippen molar-refractivity contribution in [1.82, 2.24) is 14.7 Å². The maximum atomic E-state index is 12.6. The third-order valence-electron chi connectivity index (χ3n) is 6.25. The van der Waals surface area contributed by atoms with Crippen molar-refractivity contribution in [2.75, 3.05) is 73.1 Å². The Bertz CT molecular complexity index is 601. The van der Waals surface area contributed by atoms with Gasteiger partial charge in [0.25, 0.3) is 0 Å². The number of piperazine rings is 1. The molecule has 3 rings (SSSR count). The predicted octanol–water partition coefficient (Wildman–Crippen LogP) is -0.695. The van der Waals surface area contributed by atoms with Crippen LogP contribution in [0.5, 0.6) is 0 Å². The number of methoxy groups -OCH3 is 1. The topological polar surface area (TPSA) is 112 Å². The molecule has 1 amide bonds. The molecule has 0 aromatic carbocycles. The van der Waals surface area contributed by atoms with Crippen molar-refractivity contribution >= 4 is 18.0 Å². The number of cyclic esters (lactones) is 1. The normalized spacial score (nSPS) is 30.3. The average molecular weight is 398 g/mol. The zero-order valence-corrected chi connectivity index (χ0v) is 16.9. The van der Waals surface area contributed by atoms with Crippen molar-refractivity contribution in [3.63, 3.8) is 0 Å². The van der Waals surface area contributed by atoms with Crippen LogP contribution in [0.1, 0.15) is 12.8 Å². The van der Waals surface area contributed by atoms with Crippen LogP contribution in [0.25, 0.3) is 0 Å². The van der Waals surface area contributed by atoms with E-state index in [-0.39, 0.29) is 24.3 Å². The number of carbonyl (C=O) groups is 2. The van der Waals surface area contributed by atoms with Gasteiger partial charge in [-0.2, -0.15) is 4.79 Å². The van der Waals surface area contributed by atoms with E-state index in [4.69, 9.17) is 20.6 Å². The zero-order valence-electron chi connectivity index (χ0n) is 16.9. The number of nitrogens with one attached hydrogen (secondary N) is 1. The molecule has 10 nitrogen and oxygen atoms in total. The van der Waals surface area contributed by atoms with E-state index in [0.29, 0.717) is 23.5 Å².